The Morgan fingerprint density at radius 2 is 1.75 bits per heavy atom. The molecule has 1 aliphatic rings. The van der Waals surface area contributed by atoms with E-state index in [1.807, 2.05) is 24.3 Å². The summed E-state index contributed by atoms with van der Waals surface area (Å²) in [6, 6.07) is 19.5. The lowest BCUT2D eigenvalue weighted by molar-refractivity contribution is 0.100. The quantitative estimate of drug-likeness (QED) is 0.785. The van der Waals surface area contributed by atoms with Gasteiger partial charge in [0.15, 0.2) is 0 Å². The summed E-state index contributed by atoms with van der Waals surface area (Å²) in [6.45, 7) is 3.45. The van der Waals surface area contributed by atoms with Crippen molar-refractivity contribution in [1.82, 2.24) is 4.90 Å². The highest BCUT2D eigenvalue weighted by Crippen LogP contribution is 2.37. The molecule has 0 bridgehead atoms. The Morgan fingerprint density at radius 3 is 2.33 bits per heavy atom. The molecule has 1 fully saturated rings. The molecule has 0 aliphatic carbocycles. The van der Waals surface area contributed by atoms with E-state index in [0.717, 1.165) is 19.4 Å². The van der Waals surface area contributed by atoms with E-state index in [0.29, 0.717) is 17.6 Å². The van der Waals surface area contributed by atoms with Crippen LogP contribution in [-0.4, -0.2) is 23.4 Å². The summed E-state index contributed by atoms with van der Waals surface area (Å²) in [5.41, 5.74) is 8.51. The lowest BCUT2D eigenvalue weighted by Crippen LogP contribution is -2.16. The van der Waals surface area contributed by atoms with Crippen LogP contribution >= 0.6 is 24.8 Å². The number of primary amides is 1. The van der Waals surface area contributed by atoms with Crippen LogP contribution in [0.15, 0.2) is 54.6 Å². The molecule has 0 spiro atoms. The van der Waals surface area contributed by atoms with Crippen molar-refractivity contribution in [3.05, 3.63) is 71.3 Å². The third kappa shape index (κ3) is 4.97. The summed E-state index contributed by atoms with van der Waals surface area (Å²) >= 11 is 0. The van der Waals surface area contributed by atoms with E-state index in [4.69, 9.17) is 5.73 Å². The minimum atomic E-state index is -0.366. The monoisotopic (exact) mass is 366 g/mol. The molecule has 1 amide bonds. The van der Waals surface area contributed by atoms with Crippen LogP contribution in [0.4, 0.5) is 0 Å². The van der Waals surface area contributed by atoms with E-state index < -0.39 is 0 Å². The first-order valence-corrected chi connectivity index (χ1v) is 7.84. The minimum absolute atomic E-state index is 0. The van der Waals surface area contributed by atoms with E-state index in [1.165, 1.54) is 11.1 Å². The molecule has 3 rings (SSSR count). The number of hydrogen-bond acceptors (Lipinski definition) is 2. The maximum atomic E-state index is 11.1. The molecular weight excluding hydrogens is 343 g/mol. The summed E-state index contributed by atoms with van der Waals surface area (Å²) in [6.07, 6.45) is 2.15. The van der Waals surface area contributed by atoms with Gasteiger partial charge < -0.3 is 5.73 Å². The molecular formula is C19H24Cl2N2O. The van der Waals surface area contributed by atoms with Gasteiger partial charge in [0.2, 0.25) is 5.91 Å². The van der Waals surface area contributed by atoms with Gasteiger partial charge in [0.25, 0.3) is 0 Å². The van der Waals surface area contributed by atoms with Crippen LogP contribution < -0.4 is 5.73 Å². The van der Waals surface area contributed by atoms with Gasteiger partial charge in [0.05, 0.1) is 0 Å². The van der Waals surface area contributed by atoms with Crippen LogP contribution in [0.25, 0.3) is 0 Å². The highest BCUT2D eigenvalue weighted by Gasteiger charge is 2.38. The topological polar surface area (TPSA) is 46.1 Å². The molecule has 130 valence electrons. The van der Waals surface area contributed by atoms with Gasteiger partial charge in [-0.25, -0.2) is 0 Å². The first kappa shape index (κ1) is 20.5. The van der Waals surface area contributed by atoms with Crippen molar-refractivity contribution in [3.63, 3.8) is 0 Å². The molecule has 5 heteroatoms. The summed E-state index contributed by atoms with van der Waals surface area (Å²) < 4.78 is 0. The molecule has 1 heterocycles. The Kier molecular flexibility index (Phi) is 7.74. The third-order valence-electron chi connectivity index (χ3n) is 4.49. The first-order chi connectivity index (χ1) is 10.6. The van der Waals surface area contributed by atoms with Gasteiger partial charge >= 0.3 is 0 Å². The van der Waals surface area contributed by atoms with Gasteiger partial charge in [-0.2, -0.15) is 0 Å². The molecule has 1 saturated heterocycles. The van der Waals surface area contributed by atoms with Crippen LogP contribution in [0.3, 0.4) is 0 Å². The number of halogens is 2. The van der Waals surface area contributed by atoms with Crippen molar-refractivity contribution in [3.8, 4) is 0 Å². The average Bonchev–Trinajstić information content (AvgIpc) is 3.34. The highest BCUT2D eigenvalue weighted by molar-refractivity contribution is 5.92. The molecule has 1 unspecified atom stereocenters. The van der Waals surface area contributed by atoms with Crippen LogP contribution in [0.5, 0.6) is 0 Å². The number of rotatable bonds is 6. The second-order valence-corrected chi connectivity index (χ2v) is 6.07. The first-order valence-electron chi connectivity index (χ1n) is 7.84. The SMILES string of the molecule is C[C@@H](CCc1ccc(C(N)=O)cc1)[N@]1CC1c1ccccc1.Cl.Cl. The van der Waals surface area contributed by atoms with Crippen molar-refractivity contribution < 1.29 is 4.79 Å². The zero-order valence-corrected chi connectivity index (χ0v) is 15.4. The van der Waals surface area contributed by atoms with Crippen molar-refractivity contribution in [1.29, 1.82) is 0 Å². The largest absolute Gasteiger partial charge is 0.366 e. The second-order valence-electron chi connectivity index (χ2n) is 6.07. The highest BCUT2D eigenvalue weighted by atomic mass is 35.5. The van der Waals surface area contributed by atoms with Crippen LogP contribution in [0, 0.1) is 0 Å². The molecule has 3 nitrogen and oxygen atoms in total. The van der Waals surface area contributed by atoms with Gasteiger partial charge in [0.1, 0.15) is 0 Å². The fraction of sp³-hybridized carbons (Fsp3) is 0.316. The van der Waals surface area contributed by atoms with E-state index in [-0.39, 0.29) is 30.7 Å². The Labute approximate surface area is 156 Å². The van der Waals surface area contributed by atoms with Crippen molar-refractivity contribution in [2.75, 3.05) is 6.54 Å². The maximum Gasteiger partial charge on any atom is 0.248 e. The summed E-state index contributed by atoms with van der Waals surface area (Å²) in [5, 5.41) is 0. The number of aryl methyl sites for hydroxylation is 1. The fourth-order valence-electron chi connectivity index (χ4n) is 2.99. The van der Waals surface area contributed by atoms with Crippen molar-refractivity contribution >= 4 is 30.7 Å². The average molecular weight is 367 g/mol. The Hall–Kier alpha value is -1.55. The fourth-order valence-corrected chi connectivity index (χ4v) is 2.99. The van der Waals surface area contributed by atoms with Gasteiger partial charge in [-0.05, 0) is 43.0 Å². The molecule has 3 atom stereocenters. The zero-order chi connectivity index (χ0) is 15.5. The van der Waals surface area contributed by atoms with Crippen molar-refractivity contribution in [2.45, 2.75) is 31.8 Å². The number of carbonyl (C=O) groups excluding carboxylic acids is 1. The van der Waals surface area contributed by atoms with E-state index in [9.17, 15) is 4.79 Å². The van der Waals surface area contributed by atoms with Gasteiger partial charge in [-0.3, -0.25) is 9.69 Å². The number of benzene rings is 2. The summed E-state index contributed by atoms with van der Waals surface area (Å²) in [5.74, 6) is -0.366. The van der Waals surface area contributed by atoms with Gasteiger partial charge in [0, 0.05) is 24.2 Å². The van der Waals surface area contributed by atoms with Gasteiger partial charge in [-0.1, -0.05) is 42.5 Å². The molecule has 0 saturated carbocycles. The Balaban J connectivity index is 0.00000144. The molecule has 2 N–H and O–H groups in total. The van der Waals surface area contributed by atoms with E-state index in [2.05, 4.69) is 42.2 Å². The normalized spacial score (nSPS) is 19.5. The molecule has 24 heavy (non-hydrogen) atoms. The van der Waals surface area contributed by atoms with Gasteiger partial charge in [-0.15, -0.1) is 24.8 Å². The number of amides is 1. The standard InChI is InChI=1S/C19H22N2O.2ClH/c1-14(21-13-18(21)16-5-3-2-4-6-16)7-8-15-9-11-17(12-10-15)19(20)22;;/h2-6,9-12,14,18H,7-8,13H2,1H3,(H2,20,22);2*1H/t14-,18?,21-;;/m0../s1. The zero-order valence-electron chi connectivity index (χ0n) is 13.7. The number of hydrogen-bond donors (Lipinski definition) is 1. The van der Waals surface area contributed by atoms with Crippen LogP contribution in [-0.2, 0) is 6.42 Å². The molecule has 2 aromatic carbocycles. The minimum Gasteiger partial charge on any atom is -0.366 e. The number of carbonyl (C=O) groups is 1. The van der Waals surface area contributed by atoms with Crippen molar-refractivity contribution in [2.24, 2.45) is 5.73 Å². The smallest absolute Gasteiger partial charge is 0.248 e. The Morgan fingerprint density at radius 1 is 1.12 bits per heavy atom. The Bertz CT molecular complexity index is 646. The summed E-state index contributed by atoms with van der Waals surface area (Å²) in [4.78, 5) is 13.6. The third-order valence-corrected chi connectivity index (χ3v) is 4.49. The molecule has 2 aromatic rings. The van der Waals surface area contributed by atoms with Crippen LogP contribution in [0.2, 0.25) is 0 Å². The number of nitrogens with two attached hydrogens (primary N) is 1. The maximum absolute atomic E-state index is 11.1. The molecule has 0 aromatic heterocycles. The van der Waals surface area contributed by atoms with E-state index in [1.54, 1.807) is 0 Å². The lowest BCUT2D eigenvalue weighted by atomic mass is 10.0. The van der Waals surface area contributed by atoms with Crippen LogP contribution in [0.1, 0.15) is 40.9 Å². The van der Waals surface area contributed by atoms with E-state index >= 15 is 0 Å². The molecule has 0 radical (unpaired) electrons. The summed E-state index contributed by atoms with van der Waals surface area (Å²) in [7, 11) is 0. The lowest BCUT2D eigenvalue weighted by Gasteiger charge is -2.14. The number of nitrogens with zero attached hydrogens (tertiary/aromatic N) is 1. The molecule has 1 aliphatic heterocycles. The second kappa shape index (κ2) is 9.07. The predicted molar refractivity (Wildman–Crippen MR) is 103 cm³/mol. The predicted octanol–water partition coefficient (Wildman–Crippen LogP) is 4.01.